The van der Waals surface area contributed by atoms with Crippen molar-refractivity contribution in [2.75, 3.05) is 32.8 Å². The molecule has 0 atom stereocenters. The molecule has 4 nitrogen and oxygen atoms in total. The van der Waals surface area contributed by atoms with Crippen molar-refractivity contribution in [1.29, 1.82) is 0 Å². The molecule has 4 heteroatoms. The van der Waals surface area contributed by atoms with Crippen LogP contribution in [0.25, 0.3) is 0 Å². The number of nitrogens with zero attached hydrogens (tertiary/aromatic N) is 1. The van der Waals surface area contributed by atoms with E-state index in [1.54, 1.807) is 0 Å². The molecule has 0 aromatic carbocycles. The van der Waals surface area contributed by atoms with Gasteiger partial charge in [0.2, 0.25) is 0 Å². The third kappa shape index (κ3) is 2.09. The lowest BCUT2D eigenvalue weighted by atomic mass is 9.94. The zero-order valence-corrected chi connectivity index (χ0v) is 10.1. The Labute approximate surface area is 97.3 Å². The molecule has 0 aromatic rings. The highest BCUT2D eigenvalue weighted by molar-refractivity contribution is 5.81. The van der Waals surface area contributed by atoms with Gasteiger partial charge in [0.05, 0.1) is 6.61 Å². The fraction of sp³-hybridized carbons (Fsp3) is 0.917. The molecule has 0 radical (unpaired) electrons. The van der Waals surface area contributed by atoms with E-state index in [1.165, 1.54) is 0 Å². The summed E-state index contributed by atoms with van der Waals surface area (Å²) in [6.45, 7) is 6.30. The number of hydrogen-bond donors (Lipinski definition) is 1. The van der Waals surface area contributed by atoms with E-state index in [-0.39, 0.29) is 11.5 Å². The minimum absolute atomic E-state index is 0.00870. The Morgan fingerprint density at radius 1 is 1.31 bits per heavy atom. The molecule has 16 heavy (non-hydrogen) atoms. The Bertz CT molecular complexity index is 243. The summed E-state index contributed by atoms with van der Waals surface area (Å²) < 4.78 is 5.28. The molecule has 2 rings (SSSR count). The van der Waals surface area contributed by atoms with E-state index in [1.807, 2.05) is 6.92 Å². The van der Waals surface area contributed by atoms with Crippen LogP contribution in [0.4, 0.5) is 0 Å². The van der Waals surface area contributed by atoms with E-state index in [0.29, 0.717) is 6.61 Å². The first kappa shape index (κ1) is 11.9. The first-order valence-corrected chi connectivity index (χ1v) is 6.42. The number of ether oxygens (including phenoxy) is 1. The summed E-state index contributed by atoms with van der Waals surface area (Å²) in [7, 11) is 0. The average molecular weight is 226 g/mol. The summed E-state index contributed by atoms with van der Waals surface area (Å²) in [5, 5.41) is 3.33. The lowest BCUT2D eigenvalue weighted by molar-refractivity contribution is -0.158. The maximum atomic E-state index is 12.2. The molecule has 1 aliphatic carbocycles. The largest absolute Gasteiger partial charge is 0.465 e. The SMILES string of the molecule is CCOC(=O)C1(N2CCNCC2)CCCC1. The minimum Gasteiger partial charge on any atom is -0.465 e. The van der Waals surface area contributed by atoms with Crippen LogP contribution in [0.3, 0.4) is 0 Å². The van der Waals surface area contributed by atoms with Crippen LogP contribution in [0, 0.1) is 0 Å². The van der Waals surface area contributed by atoms with Crippen LogP contribution >= 0.6 is 0 Å². The maximum absolute atomic E-state index is 12.2. The maximum Gasteiger partial charge on any atom is 0.326 e. The van der Waals surface area contributed by atoms with Crippen molar-refractivity contribution in [3.8, 4) is 0 Å². The summed E-state index contributed by atoms with van der Waals surface area (Å²) in [4.78, 5) is 14.5. The van der Waals surface area contributed by atoms with Crippen LogP contribution in [0.1, 0.15) is 32.6 Å². The van der Waals surface area contributed by atoms with Gasteiger partial charge in [0.25, 0.3) is 0 Å². The van der Waals surface area contributed by atoms with Gasteiger partial charge in [-0.1, -0.05) is 12.8 Å². The van der Waals surface area contributed by atoms with Crippen LogP contribution in [-0.4, -0.2) is 49.2 Å². The fourth-order valence-corrected chi connectivity index (χ4v) is 2.97. The van der Waals surface area contributed by atoms with Crippen LogP contribution < -0.4 is 5.32 Å². The second-order valence-corrected chi connectivity index (χ2v) is 4.70. The minimum atomic E-state index is -0.294. The highest BCUT2D eigenvalue weighted by Crippen LogP contribution is 2.36. The van der Waals surface area contributed by atoms with E-state index in [4.69, 9.17) is 4.74 Å². The van der Waals surface area contributed by atoms with Crippen molar-refractivity contribution < 1.29 is 9.53 Å². The van der Waals surface area contributed by atoms with E-state index >= 15 is 0 Å². The highest BCUT2D eigenvalue weighted by atomic mass is 16.5. The van der Waals surface area contributed by atoms with Gasteiger partial charge in [0.1, 0.15) is 5.54 Å². The number of piperazine rings is 1. The van der Waals surface area contributed by atoms with Crippen molar-refractivity contribution in [1.82, 2.24) is 10.2 Å². The zero-order valence-electron chi connectivity index (χ0n) is 10.1. The highest BCUT2D eigenvalue weighted by Gasteiger charge is 2.47. The Balaban J connectivity index is 2.10. The molecule has 2 aliphatic rings. The van der Waals surface area contributed by atoms with Crippen LogP contribution in [-0.2, 0) is 9.53 Å². The van der Waals surface area contributed by atoms with Gasteiger partial charge in [-0.15, -0.1) is 0 Å². The smallest absolute Gasteiger partial charge is 0.326 e. The molecule has 1 N–H and O–H groups in total. The first-order valence-electron chi connectivity index (χ1n) is 6.42. The summed E-state index contributed by atoms with van der Waals surface area (Å²) in [5.41, 5.74) is -0.294. The molecule has 1 saturated carbocycles. The van der Waals surface area contributed by atoms with Gasteiger partial charge < -0.3 is 10.1 Å². The molecule has 92 valence electrons. The van der Waals surface area contributed by atoms with Gasteiger partial charge in [-0.2, -0.15) is 0 Å². The van der Waals surface area contributed by atoms with Crippen molar-refractivity contribution in [2.24, 2.45) is 0 Å². The third-order valence-electron chi connectivity index (χ3n) is 3.81. The van der Waals surface area contributed by atoms with Crippen molar-refractivity contribution in [3.63, 3.8) is 0 Å². The number of carbonyl (C=O) groups is 1. The standard InChI is InChI=1S/C12H22N2O2/c1-2-16-11(15)12(5-3-4-6-12)14-9-7-13-8-10-14/h13H,2-10H2,1H3. The first-order chi connectivity index (χ1) is 7.79. The average Bonchev–Trinajstić information content (AvgIpc) is 2.81. The van der Waals surface area contributed by atoms with Gasteiger partial charge in [-0.3, -0.25) is 9.69 Å². The molecular weight excluding hydrogens is 204 g/mol. The van der Waals surface area contributed by atoms with Gasteiger partial charge >= 0.3 is 5.97 Å². The molecule has 1 aliphatic heterocycles. The van der Waals surface area contributed by atoms with E-state index in [2.05, 4.69) is 10.2 Å². The quantitative estimate of drug-likeness (QED) is 0.722. The van der Waals surface area contributed by atoms with Crippen molar-refractivity contribution >= 4 is 5.97 Å². The predicted molar refractivity (Wildman–Crippen MR) is 62.3 cm³/mol. The predicted octanol–water partition coefficient (Wildman–Crippen LogP) is 0.767. The van der Waals surface area contributed by atoms with Crippen LogP contribution in [0.2, 0.25) is 0 Å². The molecule has 1 saturated heterocycles. The van der Waals surface area contributed by atoms with E-state index in [0.717, 1.165) is 51.9 Å². The molecule has 1 heterocycles. The normalized spacial score (nSPS) is 25.6. The Hall–Kier alpha value is -0.610. The van der Waals surface area contributed by atoms with Crippen molar-refractivity contribution in [3.05, 3.63) is 0 Å². The third-order valence-corrected chi connectivity index (χ3v) is 3.81. The summed E-state index contributed by atoms with van der Waals surface area (Å²) >= 11 is 0. The lowest BCUT2D eigenvalue weighted by Crippen LogP contribution is -2.59. The van der Waals surface area contributed by atoms with Crippen molar-refractivity contribution in [2.45, 2.75) is 38.1 Å². The molecule has 0 bridgehead atoms. The Morgan fingerprint density at radius 3 is 2.50 bits per heavy atom. The monoisotopic (exact) mass is 226 g/mol. The Morgan fingerprint density at radius 2 is 1.94 bits per heavy atom. The fourth-order valence-electron chi connectivity index (χ4n) is 2.97. The summed E-state index contributed by atoms with van der Waals surface area (Å²) in [6.07, 6.45) is 4.27. The second kappa shape index (κ2) is 5.15. The number of nitrogens with one attached hydrogen (secondary N) is 1. The molecule has 2 fully saturated rings. The zero-order chi connectivity index (χ0) is 11.4. The summed E-state index contributed by atoms with van der Waals surface area (Å²) in [6, 6.07) is 0. The van der Waals surface area contributed by atoms with Gasteiger partial charge in [-0.05, 0) is 19.8 Å². The molecular formula is C12H22N2O2. The van der Waals surface area contributed by atoms with Gasteiger partial charge in [0, 0.05) is 26.2 Å². The van der Waals surface area contributed by atoms with Crippen LogP contribution in [0.5, 0.6) is 0 Å². The second-order valence-electron chi connectivity index (χ2n) is 4.70. The van der Waals surface area contributed by atoms with Gasteiger partial charge in [-0.25, -0.2) is 0 Å². The topological polar surface area (TPSA) is 41.6 Å². The summed E-state index contributed by atoms with van der Waals surface area (Å²) in [5.74, 6) is 0.00870. The van der Waals surface area contributed by atoms with E-state index in [9.17, 15) is 4.79 Å². The molecule has 0 aromatic heterocycles. The molecule has 0 spiro atoms. The van der Waals surface area contributed by atoms with E-state index < -0.39 is 0 Å². The lowest BCUT2D eigenvalue weighted by Gasteiger charge is -2.41. The van der Waals surface area contributed by atoms with Crippen LogP contribution in [0.15, 0.2) is 0 Å². The molecule has 0 amide bonds. The number of rotatable bonds is 3. The number of hydrogen-bond acceptors (Lipinski definition) is 4. The number of carbonyl (C=O) groups excluding carboxylic acids is 1. The number of esters is 1. The Kier molecular flexibility index (Phi) is 3.82. The van der Waals surface area contributed by atoms with Gasteiger partial charge in [0.15, 0.2) is 0 Å². The molecule has 0 unspecified atom stereocenters.